The van der Waals surface area contributed by atoms with E-state index in [1.165, 1.54) is 12.1 Å². The van der Waals surface area contributed by atoms with Crippen LogP contribution in [0.2, 0.25) is 0 Å². The number of carbonyl (C=O) groups is 1. The van der Waals surface area contributed by atoms with Gasteiger partial charge < -0.3 is 24.3 Å². The molecule has 3 N–H and O–H groups in total. The number of rotatable bonds is 7. The third-order valence-electron chi connectivity index (χ3n) is 3.98. The lowest BCUT2D eigenvalue weighted by Crippen LogP contribution is -2.17. The highest BCUT2D eigenvalue weighted by Gasteiger charge is 2.17. The van der Waals surface area contributed by atoms with Crippen LogP contribution in [0.5, 0.6) is 5.75 Å². The Hall–Kier alpha value is -3.06. The highest BCUT2D eigenvalue weighted by Crippen LogP contribution is 2.26. The number of aromatic carboxylic acids is 1. The largest absolute Gasteiger partial charge is 0.507 e. The molecule has 0 radical (unpaired) electrons. The summed E-state index contributed by atoms with van der Waals surface area (Å²) in [6, 6.07) is 8.00. The third-order valence-corrected chi connectivity index (χ3v) is 3.98. The SMILES string of the molecule is O=C(O)c1cc(-c2nccn2CC(CO)Cc2ccco2)ccc1O. The number of furan rings is 1. The Morgan fingerprint density at radius 1 is 1.32 bits per heavy atom. The Morgan fingerprint density at radius 3 is 2.84 bits per heavy atom. The molecule has 0 aliphatic heterocycles. The maximum atomic E-state index is 11.2. The van der Waals surface area contributed by atoms with Gasteiger partial charge in [-0.05, 0) is 30.3 Å². The van der Waals surface area contributed by atoms with Gasteiger partial charge in [-0.2, -0.15) is 0 Å². The minimum atomic E-state index is -1.21. The molecule has 0 bridgehead atoms. The summed E-state index contributed by atoms with van der Waals surface area (Å²) in [6.07, 6.45) is 5.56. The van der Waals surface area contributed by atoms with Gasteiger partial charge in [0.15, 0.2) is 0 Å². The number of imidazole rings is 1. The molecule has 7 heteroatoms. The molecule has 3 rings (SSSR count). The number of carboxylic acid groups (broad SMARTS) is 1. The average molecular weight is 342 g/mol. The second-order valence-electron chi connectivity index (χ2n) is 5.77. The van der Waals surface area contributed by atoms with Gasteiger partial charge in [0.2, 0.25) is 0 Å². The molecule has 0 aliphatic rings. The number of aromatic nitrogens is 2. The fourth-order valence-corrected chi connectivity index (χ4v) is 2.74. The van der Waals surface area contributed by atoms with Gasteiger partial charge in [-0.25, -0.2) is 9.78 Å². The summed E-state index contributed by atoms with van der Waals surface area (Å²) in [4.78, 5) is 15.5. The molecule has 2 aromatic heterocycles. The van der Waals surface area contributed by atoms with Gasteiger partial charge in [-0.1, -0.05) is 0 Å². The normalized spacial score (nSPS) is 12.2. The van der Waals surface area contributed by atoms with Crippen LogP contribution in [0.25, 0.3) is 11.4 Å². The maximum absolute atomic E-state index is 11.2. The first-order valence-corrected chi connectivity index (χ1v) is 7.79. The Kier molecular flexibility index (Phi) is 4.85. The molecule has 1 atom stereocenters. The Labute approximate surface area is 143 Å². The highest BCUT2D eigenvalue weighted by molar-refractivity contribution is 5.92. The Bertz CT molecular complexity index is 854. The van der Waals surface area contributed by atoms with E-state index < -0.39 is 5.97 Å². The third kappa shape index (κ3) is 3.72. The summed E-state index contributed by atoms with van der Waals surface area (Å²) >= 11 is 0. The molecule has 0 spiro atoms. The van der Waals surface area contributed by atoms with Crippen molar-refractivity contribution in [2.45, 2.75) is 13.0 Å². The lowest BCUT2D eigenvalue weighted by molar-refractivity contribution is 0.0694. The van der Waals surface area contributed by atoms with E-state index in [0.717, 1.165) is 5.76 Å². The van der Waals surface area contributed by atoms with Crippen LogP contribution in [0.4, 0.5) is 0 Å². The van der Waals surface area contributed by atoms with Crippen molar-refractivity contribution >= 4 is 5.97 Å². The predicted octanol–water partition coefficient (Wildman–Crippen LogP) is 2.40. The van der Waals surface area contributed by atoms with E-state index in [-0.39, 0.29) is 23.8 Å². The lowest BCUT2D eigenvalue weighted by atomic mass is 10.0. The molecule has 7 nitrogen and oxygen atoms in total. The van der Waals surface area contributed by atoms with E-state index in [9.17, 15) is 15.0 Å². The van der Waals surface area contributed by atoms with E-state index in [1.807, 2.05) is 10.6 Å². The minimum absolute atomic E-state index is 0.0196. The van der Waals surface area contributed by atoms with Gasteiger partial charge in [0.1, 0.15) is 22.9 Å². The standard InChI is InChI=1S/C18H18N2O5/c21-11-12(8-14-2-1-7-25-14)10-20-6-5-19-17(20)13-3-4-16(22)15(9-13)18(23)24/h1-7,9,12,21-22H,8,10-11H2,(H,23,24). The number of aliphatic hydroxyl groups is 1. The molecule has 2 heterocycles. The summed E-state index contributed by atoms with van der Waals surface area (Å²) in [6.45, 7) is 0.476. The first kappa shape index (κ1) is 16.8. The molecule has 25 heavy (non-hydrogen) atoms. The van der Waals surface area contributed by atoms with E-state index in [1.54, 1.807) is 30.8 Å². The number of hydrogen-bond acceptors (Lipinski definition) is 5. The minimum Gasteiger partial charge on any atom is -0.507 e. The zero-order valence-electron chi connectivity index (χ0n) is 13.4. The summed E-state index contributed by atoms with van der Waals surface area (Å²) in [5, 5.41) is 28.5. The number of carboxylic acids is 1. The molecular formula is C18H18N2O5. The van der Waals surface area contributed by atoms with E-state index >= 15 is 0 Å². The van der Waals surface area contributed by atoms with Crippen LogP contribution in [-0.2, 0) is 13.0 Å². The molecule has 1 unspecified atom stereocenters. The number of phenols is 1. The van der Waals surface area contributed by atoms with Crippen molar-refractivity contribution < 1.29 is 24.5 Å². The number of aromatic hydroxyl groups is 1. The molecule has 0 amide bonds. The fourth-order valence-electron chi connectivity index (χ4n) is 2.74. The monoisotopic (exact) mass is 342 g/mol. The molecule has 0 fully saturated rings. The number of benzene rings is 1. The second-order valence-corrected chi connectivity index (χ2v) is 5.77. The van der Waals surface area contributed by atoms with Gasteiger partial charge >= 0.3 is 5.97 Å². The molecule has 1 aromatic carbocycles. The van der Waals surface area contributed by atoms with Gasteiger partial charge in [0, 0.05) is 43.4 Å². The molecule has 3 aromatic rings. The first-order valence-electron chi connectivity index (χ1n) is 7.79. The molecule has 130 valence electrons. The van der Waals surface area contributed by atoms with Crippen LogP contribution >= 0.6 is 0 Å². The van der Waals surface area contributed by atoms with Gasteiger partial charge in [-0.15, -0.1) is 0 Å². The van der Waals surface area contributed by atoms with Crippen molar-refractivity contribution in [1.82, 2.24) is 9.55 Å². The van der Waals surface area contributed by atoms with Crippen molar-refractivity contribution in [2.24, 2.45) is 5.92 Å². The van der Waals surface area contributed by atoms with Crippen LogP contribution in [0, 0.1) is 5.92 Å². The zero-order chi connectivity index (χ0) is 17.8. The summed E-state index contributed by atoms with van der Waals surface area (Å²) in [5.41, 5.74) is 0.399. The smallest absolute Gasteiger partial charge is 0.339 e. The van der Waals surface area contributed by atoms with Crippen LogP contribution in [0.3, 0.4) is 0 Å². The van der Waals surface area contributed by atoms with E-state index in [2.05, 4.69) is 4.98 Å². The van der Waals surface area contributed by atoms with Gasteiger partial charge in [0.05, 0.1) is 6.26 Å². The number of hydrogen-bond donors (Lipinski definition) is 3. The summed E-state index contributed by atoms with van der Waals surface area (Å²) < 4.78 is 7.18. The van der Waals surface area contributed by atoms with Crippen molar-refractivity contribution in [3.63, 3.8) is 0 Å². The predicted molar refractivity (Wildman–Crippen MR) is 89.3 cm³/mol. The number of nitrogens with zero attached hydrogens (tertiary/aromatic N) is 2. The Balaban J connectivity index is 1.85. The second kappa shape index (κ2) is 7.23. The topological polar surface area (TPSA) is 109 Å². The highest BCUT2D eigenvalue weighted by atomic mass is 16.4. The van der Waals surface area contributed by atoms with E-state index in [0.29, 0.717) is 24.4 Å². The Morgan fingerprint density at radius 2 is 2.16 bits per heavy atom. The van der Waals surface area contributed by atoms with Crippen molar-refractivity contribution in [1.29, 1.82) is 0 Å². The van der Waals surface area contributed by atoms with Crippen molar-refractivity contribution in [3.05, 3.63) is 60.3 Å². The first-order chi connectivity index (χ1) is 12.1. The quantitative estimate of drug-likeness (QED) is 0.608. The average Bonchev–Trinajstić information content (AvgIpc) is 3.26. The molecule has 0 aliphatic carbocycles. The molecule has 0 saturated heterocycles. The van der Waals surface area contributed by atoms with Crippen LogP contribution in [-0.4, -0.2) is 37.4 Å². The van der Waals surface area contributed by atoms with Crippen LogP contribution < -0.4 is 0 Å². The zero-order valence-corrected chi connectivity index (χ0v) is 13.4. The fraction of sp³-hybridized carbons (Fsp3) is 0.222. The van der Waals surface area contributed by atoms with Gasteiger partial charge in [0.25, 0.3) is 0 Å². The van der Waals surface area contributed by atoms with Crippen molar-refractivity contribution in [3.8, 4) is 17.1 Å². The lowest BCUT2D eigenvalue weighted by Gasteiger charge is -2.16. The van der Waals surface area contributed by atoms with Gasteiger partial charge in [-0.3, -0.25) is 0 Å². The summed E-state index contributed by atoms with van der Waals surface area (Å²) in [7, 11) is 0. The van der Waals surface area contributed by atoms with Crippen molar-refractivity contribution in [2.75, 3.05) is 6.61 Å². The molecule has 0 saturated carbocycles. The number of aliphatic hydroxyl groups excluding tert-OH is 1. The van der Waals surface area contributed by atoms with E-state index in [4.69, 9.17) is 9.52 Å². The summed E-state index contributed by atoms with van der Waals surface area (Å²) in [5.74, 6) is -0.210. The maximum Gasteiger partial charge on any atom is 0.339 e. The van der Waals surface area contributed by atoms with Crippen LogP contribution in [0.15, 0.2) is 53.4 Å². The molecular weight excluding hydrogens is 324 g/mol. The van der Waals surface area contributed by atoms with Crippen LogP contribution in [0.1, 0.15) is 16.1 Å².